The third-order valence-corrected chi connectivity index (χ3v) is 1.62. The highest BCUT2D eigenvalue weighted by Gasteiger charge is 1.96. The Hall–Kier alpha value is -2.10. The molecule has 0 fully saturated rings. The van der Waals surface area contributed by atoms with Crippen LogP contribution in [0.5, 0.6) is 0 Å². The molecule has 0 amide bonds. The van der Waals surface area contributed by atoms with Gasteiger partial charge in [0.25, 0.3) is 5.89 Å². The second kappa shape index (κ2) is 3.74. The predicted molar refractivity (Wildman–Crippen MR) is 50.4 cm³/mol. The monoisotopic (exact) mass is 189 g/mol. The van der Waals surface area contributed by atoms with E-state index in [2.05, 4.69) is 14.1 Å². The van der Waals surface area contributed by atoms with Gasteiger partial charge in [-0.25, -0.2) is 4.79 Å². The molecule has 0 N–H and O–H groups in total. The zero-order valence-corrected chi connectivity index (χ0v) is 7.21. The standard InChI is InChI=1S/C10H7NO3/c12-10-13-9(11-14-10)7-6-8-4-2-1-3-5-8/h1-7H. The summed E-state index contributed by atoms with van der Waals surface area (Å²) in [5.41, 5.74) is 0.998. The molecule has 0 saturated heterocycles. The molecule has 0 aliphatic heterocycles. The van der Waals surface area contributed by atoms with Gasteiger partial charge in [0.1, 0.15) is 0 Å². The Balaban J connectivity index is 2.19. The molecule has 0 aliphatic carbocycles. The van der Waals surface area contributed by atoms with E-state index in [0.29, 0.717) is 0 Å². The molecule has 0 saturated carbocycles. The minimum atomic E-state index is -0.794. The van der Waals surface area contributed by atoms with Crippen LogP contribution in [0.15, 0.2) is 44.1 Å². The summed E-state index contributed by atoms with van der Waals surface area (Å²) in [4.78, 5) is 10.5. The Morgan fingerprint density at radius 1 is 1.14 bits per heavy atom. The lowest BCUT2D eigenvalue weighted by atomic mass is 10.2. The number of nitrogens with zero attached hydrogens (tertiary/aromatic N) is 1. The number of hydrogen-bond acceptors (Lipinski definition) is 4. The van der Waals surface area contributed by atoms with Gasteiger partial charge in [0.2, 0.25) is 0 Å². The van der Waals surface area contributed by atoms with E-state index in [1.807, 2.05) is 30.3 Å². The third kappa shape index (κ3) is 1.98. The largest absolute Gasteiger partial charge is 0.542 e. The summed E-state index contributed by atoms with van der Waals surface area (Å²) < 4.78 is 8.81. The molecular formula is C10H7NO3. The molecule has 0 spiro atoms. The topological polar surface area (TPSA) is 56.2 Å². The Kier molecular flexibility index (Phi) is 2.27. The average molecular weight is 189 g/mol. The van der Waals surface area contributed by atoms with Gasteiger partial charge in [-0.2, -0.15) is 0 Å². The molecule has 0 aliphatic rings. The van der Waals surface area contributed by atoms with Crippen molar-refractivity contribution < 1.29 is 8.94 Å². The average Bonchev–Trinajstić information content (AvgIpc) is 2.63. The number of hydrogen-bond donors (Lipinski definition) is 0. The molecule has 4 heteroatoms. The van der Waals surface area contributed by atoms with E-state index in [0.717, 1.165) is 5.56 Å². The highest BCUT2D eigenvalue weighted by Crippen LogP contribution is 2.04. The summed E-state index contributed by atoms with van der Waals surface area (Å²) >= 11 is 0. The second-order valence-corrected chi connectivity index (χ2v) is 2.62. The first-order valence-electron chi connectivity index (χ1n) is 4.04. The van der Waals surface area contributed by atoms with Crippen LogP contribution in [0, 0.1) is 0 Å². The van der Waals surface area contributed by atoms with Crippen LogP contribution >= 0.6 is 0 Å². The first-order valence-corrected chi connectivity index (χ1v) is 4.04. The first-order chi connectivity index (χ1) is 6.84. The molecule has 1 heterocycles. The van der Waals surface area contributed by atoms with E-state index < -0.39 is 5.82 Å². The zero-order chi connectivity index (χ0) is 9.80. The molecule has 1 aromatic carbocycles. The fourth-order valence-corrected chi connectivity index (χ4v) is 1.00. The smallest absolute Gasteiger partial charge is 0.371 e. The zero-order valence-electron chi connectivity index (χ0n) is 7.21. The fourth-order valence-electron chi connectivity index (χ4n) is 1.00. The van der Waals surface area contributed by atoms with Gasteiger partial charge in [0, 0.05) is 6.08 Å². The molecule has 2 aromatic rings. The van der Waals surface area contributed by atoms with Crippen molar-refractivity contribution in [2.24, 2.45) is 0 Å². The summed E-state index contributed by atoms with van der Waals surface area (Å²) in [5, 5.41) is 3.39. The second-order valence-electron chi connectivity index (χ2n) is 2.62. The lowest BCUT2D eigenvalue weighted by molar-refractivity contribution is 0.335. The quantitative estimate of drug-likeness (QED) is 0.722. The minimum absolute atomic E-state index is 0.166. The fraction of sp³-hybridized carbons (Fsp3) is 0. The molecule has 4 nitrogen and oxygen atoms in total. The van der Waals surface area contributed by atoms with E-state index in [-0.39, 0.29) is 5.89 Å². The SMILES string of the molecule is O=c1onc(C=Cc2ccccc2)o1. The molecule has 0 radical (unpaired) electrons. The van der Waals surface area contributed by atoms with Crippen molar-refractivity contribution in [3.8, 4) is 0 Å². The predicted octanol–water partition coefficient (Wildman–Crippen LogP) is 1.80. The molecule has 2 rings (SSSR count). The van der Waals surface area contributed by atoms with Crippen LogP contribution in [0.2, 0.25) is 0 Å². The molecule has 70 valence electrons. The summed E-state index contributed by atoms with van der Waals surface area (Å²) in [6.45, 7) is 0. The van der Waals surface area contributed by atoms with Crippen LogP contribution in [0.25, 0.3) is 12.2 Å². The maximum absolute atomic E-state index is 10.5. The molecule has 0 atom stereocenters. The van der Waals surface area contributed by atoms with Crippen molar-refractivity contribution in [3.05, 3.63) is 52.4 Å². The molecule has 0 bridgehead atoms. The van der Waals surface area contributed by atoms with Gasteiger partial charge in [0.15, 0.2) is 0 Å². The lowest BCUT2D eigenvalue weighted by Gasteiger charge is -1.87. The van der Waals surface area contributed by atoms with Crippen molar-refractivity contribution in [1.82, 2.24) is 5.16 Å². The van der Waals surface area contributed by atoms with Gasteiger partial charge < -0.3 is 4.42 Å². The highest BCUT2D eigenvalue weighted by atomic mass is 16.6. The third-order valence-electron chi connectivity index (χ3n) is 1.62. The molecular weight excluding hydrogens is 182 g/mol. The van der Waals surface area contributed by atoms with Crippen LogP contribution in [-0.4, -0.2) is 5.16 Å². The van der Waals surface area contributed by atoms with Crippen LogP contribution in [-0.2, 0) is 0 Å². The van der Waals surface area contributed by atoms with Gasteiger partial charge >= 0.3 is 5.82 Å². The summed E-state index contributed by atoms with van der Waals surface area (Å²) in [5.74, 6) is -0.628. The van der Waals surface area contributed by atoms with E-state index >= 15 is 0 Å². The number of aromatic nitrogens is 1. The van der Waals surface area contributed by atoms with Crippen LogP contribution in [0.3, 0.4) is 0 Å². The first kappa shape index (κ1) is 8.50. The van der Waals surface area contributed by atoms with E-state index in [1.54, 1.807) is 12.2 Å². The summed E-state index contributed by atoms with van der Waals surface area (Å²) in [6.07, 6.45) is 3.35. The normalized spacial score (nSPS) is 10.9. The Morgan fingerprint density at radius 2 is 1.93 bits per heavy atom. The van der Waals surface area contributed by atoms with E-state index in [4.69, 9.17) is 0 Å². The van der Waals surface area contributed by atoms with Crippen molar-refractivity contribution >= 4 is 12.2 Å². The van der Waals surface area contributed by atoms with Crippen LogP contribution in [0.4, 0.5) is 0 Å². The van der Waals surface area contributed by atoms with Crippen molar-refractivity contribution in [3.63, 3.8) is 0 Å². The highest BCUT2D eigenvalue weighted by molar-refractivity contribution is 5.65. The van der Waals surface area contributed by atoms with Crippen molar-refractivity contribution in [2.45, 2.75) is 0 Å². The van der Waals surface area contributed by atoms with E-state index in [9.17, 15) is 4.79 Å². The van der Waals surface area contributed by atoms with Gasteiger partial charge in [-0.15, -0.1) is 0 Å². The van der Waals surface area contributed by atoms with Gasteiger partial charge in [-0.3, -0.25) is 4.52 Å². The molecule has 14 heavy (non-hydrogen) atoms. The van der Waals surface area contributed by atoms with Gasteiger partial charge in [-0.1, -0.05) is 30.3 Å². The number of rotatable bonds is 2. The number of benzene rings is 1. The Labute approximate surface area is 79.5 Å². The van der Waals surface area contributed by atoms with Crippen LogP contribution < -0.4 is 5.82 Å². The van der Waals surface area contributed by atoms with Crippen LogP contribution in [0.1, 0.15) is 11.5 Å². The molecule has 0 unspecified atom stereocenters. The maximum Gasteiger partial charge on any atom is 0.542 e. The minimum Gasteiger partial charge on any atom is -0.371 e. The Bertz CT molecular complexity index is 481. The molecule has 1 aromatic heterocycles. The lowest BCUT2D eigenvalue weighted by Crippen LogP contribution is -1.85. The van der Waals surface area contributed by atoms with Gasteiger partial charge in [-0.05, 0) is 16.8 Å². The summed E-state index contributed by atoms with van der Waals surface area (Å²) in [6, 6.07) is 9.61. The van der Waals surface area contributed by atoms with Crippen molar-refractivity contribution in [2.75, 3.05) is 0 Å². The van der Waals surface area contributed by atoms with E-state index in [1.165, 1.54) is 0 Å². The Morgan fingerprint density at radius 3 is 2.57 bits per heavy atom. The summed E-state index contributed by atoms with van der Waals surface area (Å²) in [7, 11) is 0. The van der Waals surface area contributed by atoms with Crippen molar-refractivity contribution in [1.29, 1.82) is 0 Å². The maximum atomic E-state index is 10.5. The van der Waals surface area contributed by atoms with Gasteiger partial charge in [0.05, 0.1) is 0 Å².